The van der Waals surface area contributed by atoms with Gasteiger partial charge in [0, 0.05) is 37.9 Å². The van der Waals surface area contributed by atoms with E-state index in [2.05, 4.69) is 10.3 Å². The number of nitrogens with one attached hydrogen (secondary N) is 3. The summed E-state index contributed by atoms with van der Waals surface area (Å²) in [5.41, 5.74) is 2.28. The molecule has 5 rings (SSSR count). The van der Waals surface area contributed by atoms with Gasteiger partial charge in [-0.25, -0.2) is 4.98 Å². The number of aromatic nitrogens is 1. The minimum absolute atomic E-state index is 0. The third kappa shape index (κ3) is 4.23. The van der Waals surface area contributed by atoms with E-state index in [9.17, 15) is 9.59 Å². The van der Waals surface area contributed by atoms with E-state index in [1.54, 1.807) is 46.2 Å². The van der Waals surface area contributed by atoms with Crippen LogP contribution in [0.2, 0.25) is 0 Å². The van der Waals surface area contributed by atoms with Gasteiger partial charge in [-0.05, 0) is 61.6 Å². The van der Waals surface area contributed by atoms with Gasteiger partial charge in [-0.3, -0.25) is 25.3 Å². The summed E-state index contributed by atoms with van der Waals surface area (Å²) in [7, 11) is 0. The summed E-state index contributed by atoms with van der Waals surface area (Å²) >= 11 is 0. The monoisotopic (exact) mass is 448 g/mol. The number of pyridine rings is 1. The number of carbonyl (C=O) groups is 2. The summed E-state index contributed by atoms with van der Waals surface area (Å²) in [4.78, 5) is 33.5. The molecule has 33 heavy (non-hydrogen) atoms. The van der Waals surface area contributed by atoms with Crippen LogP contribution in [0.4, 0.5) is 5.82 Å². The van der Waals surface area contributed by atoms with Crippen LogP contribution in [-0.4, -0.2) is 59.2 Å². The summed E-state index contributed by atoms with van der Waals surface area (Å²) in [5, 5.41) is 19.1. The molecule has 1 saturated heterocycles. The Bertz CT molecular complexity index is 1130. The smallest absolute Gasteiger partial charge is 0.260 e. The zero-order chi connectivity index (χ0) is 22.9. The van der Waals surface area contributed by atoms with Crippen molar-refractivity contribution >= 4 is 29.8 Å². The Kier molecular flexibility index (Phi) is 5.63. The number of anilines is 1. The molecule has 9 heteroatoms. The molecule has 0 bridgehead atoms. The summed E-state index contributed by atoms with van der Waals surface area (Å²) in [6, 6.07) is 10.7. The molecular weight excluding hydrogens is 420 g/mol. The normalized spacial score (nSPS) is 18.1. The lowest BCUT2D eigenvalue weighted by Crippen LogP contribution is -2.38. The van der Waals surface area contributed by atoms with Crippen LogP contribution in [0.1, 0.15) is 59.1 Å². The number of hydrogen-bond acceptors (Lipinski definition) is 6. The van der Waals surface area contributed by atoms with Crippen LogP contribution < -0.4 is 10.2 Å². The van der Waals surface area contributed by atoms with E-state index in [1.807, 2.05) is 0 Å². The molecule has 3 heterocycles. The molecular formula is C24H28N6O3. The van der Waals surface area contributed by atoms with E-state index >= 15 is 0 Å². The minimum Gasteiger partial charge on any atom is -0.381 e. The molecule has 2 aliphatic heterocycles. The Morgan fingerprint density at radius 1 is 1.21 bits per heavy atom. The Morgan fingerprint density at radius 2 is 2.00 bits per heavy atom. The average molecular weight is 449 g/mol. The fourth-order valence-electron chi connectivity index (χ4n) is 4.30. The maximum absolute atomic E-state index is 13.1. The number of amidine groups is 1. The molecule has 1 saturated carbocycles. The Hall–Kier alpha value is -3.59. The molecule has 3 aliphatic rings. The van der Waals surface area contributed by atoms with Gasteiger partial charge in [0.1, 0.15) is 11.5 Å². The van der Waals surface area contributed by atoms with Crippen LogP contribution in [-0.2, 0) is 11.3 Å². The van der Waals surface area contributed by atoms with Crippen molar-refractivity contribution in [1.82, 2.24) is 15.2 Å². The predicted octanol–water partition coefficient (Wildman–Crippen LogP) is 2.79. The molecule has 2 amide bonds. The molecule has 9 nitrogen and oxygen atoms in total. The first kappa shape index (κ1) is 21.3. The molecule has 0 radical (unpaired) electrons. The first-order chi connectivity index (χ1) is 16.0. The van der Waals surface area contributed by atoms with Crippen molar-refractivity contribution in [3.63, 3.8) is 0 Å². The number of hydrogen-bond donors (Lipinski definition) is 3. The van der Waals surface area contributed by atoms with Crippen molar-refractivity contribution < 1.29 is 15.8 Å². The zero-order valence-corrected chi connectivity index (χ0v) is 18.2. The highest BCUT2D eigenvalue weighted by molar-refractivity contribution is 6.10. The van der Waals surface area contributed by atoms with Gasteiger partial charge in [-0.2, -0.15) is 0 Å². The molecule has 0 atom stereocenters. The van der Waals surface area contributed by atoms with Gasteiger partial charge in [0.25, 0.3) is 11.8 Å². The fraction of sp³-hybridized carbons (Fsp3) is 0.375. The van der Waals surface area contributed by atoms with Crippen LogP contribution in [0.5, 0.6) is 0 Å². The van der Waals surface area contributed by atoms with E-state index < -0.39 is 0 Å². The molecule has 172 valence electrons. The Labute approximate surface area is 193 Å². The zero-order valence-electron chi connectivity index (χ0n) is 18.2. The molecule has 2 fully saturated rings. The predicted molar refractivity (Wildman–Crippen MR) is 125 cm³/mol. The number of carbonyl (C=O) groups excluding carboxylic acids is 2. The van der Waals surface area contributed by atoms with Crippen molar-refractivity contribution in [2.75, 3.05) is 18.1 Å². The van der Waals surface area contributed by atoms with Gasteiger partial charge >= 0.3 is 0 Å². The van der Waals surface area contributed by atoms with Gasteiger partial charge in [-0.1, -0.05) is 6.07 Å². The molecule has 2 aromatic rings. The van der Waals surface area contributed by atoms with Crippen LogP contribution in [0.3, 0.4) is 0 Å². The van der Waals surface area contributed by atoms with Gasteiger partial charge in [-0.15, -0.1) is 0 Å². The average Bonchev–Trinajstić information content (AvgIpc) is 3.63. The fourth-order valence-corrected chi connectivity index (χ4v) is 4.30. The summed E-state index contributed by atoms with van der Waals surface area (Å²) in [6.07, 6.45) is 4.69. The lowest BCUT2D eigenvalue weighted by atomic mass is 10.0. The highest BCUT2D eigenvalue weighted by atomic mass is 16.5. The Balaban J connectivity index is 0.00000274. The molecule has 1 aromatic carbocycles. The second-order valence-electron chi connectivity index (χ2n) is 8.62. The second kappa shape index (κ2) is 8.74. The highest BCUT2D eigenvalue weighted by Crippen LogP contribution is 2.30. The number of fused-ring (bicyclic) bond motifs is 1. The lowest BCUT2D eigenvalue weighted by Gasteiger charge is -2.23. The second-order valence-corrected chi connectivity index (χ2v) is 8.62. The largest absolute Gasteiger partial charge is 0.381 e. The first-order valence-corrected chi connectivity index (χ1v) is 11.2. The van der Waals surface area contributed by atoms with Crippen LogP contribution in [0, 0.1) is 10.8 Å². The molecule has 0 unspecified atom stereocenters. The van der Waals surface area contributed by atoms with Crippen molar-refractivity contribution in [3.05, 3.63) is 58.8 Å². The summed E-state index contributed by atoms with van der Waals surface area (Å²) in [6.45, 7) is 1.62. The minimum atomic E-state index is -0.177. The summed E-state index contributed by atoms with van der Waals surface area (Å²) < 4.78 is 5.34. The van der Waals surface area contributed by atoms with E-state index in [0.717, 1.165) is 37.6 Å². The molecule has 3 N–H and O–H groups in total. The lowest BCUT2D eigenvalue weighted by molar-refractivity contribution is 0.0696. The van der Waals surface area contributed by atoms with E-state index in [0.29, 0.717) is 42.4 Å². The van der Waals surface area contributed by atoms with Gasteiger partial charge in [0.05, 0.1) is 12.9 Å². The quantitative estimate of drug-likeness (QED) is 0.463. The molecule has 1 aromatic heterocycles. The van der Waals surface area contributed by atoms with Crippen molar-refractivity contribution in [2.45, 2.75) is 44.3 Å². The number of benzene rings is 1. The number of amides is 2. The molecule has 1 aliphatic carbocycles. The van der Waals surface area contributed by atoms with E-state index in [4.69, 9.17) is 15.6 Å². The van der Waals surface area contributed by atoms with Crippen molar-refractivity contribution in [3.8, 4) is 0 Å². The van der Waals surface area contributed by atoms with Gasteiger partial charge in [0.2, 0.25) is 0 Å². The first-order valence-electron chi connectivity index (χ1n) is 11.2. The van der Waals surface area contributed by atoms with Crippen LogP contribution in [0.15, 0.2) is 36.4 Å². The number of nitrogens with zero attached hydrogens (tertiary/aromatic N) is 3. The van der Waals surface area contributed by atoms with Crippen molar-refractivity contribution in [2.24, 2.45) is 0 Å². The van der Waals surface area contributed by atoms with E-state index in [-0.39, 0.29) is 31.2 Å². The van der Waals surface area contributed by atoms with Gasteiger partial charge < -0.3 is 15.0 Å². The topological polar surface area (TPSA) is 122 Å². The number of ether oxygens (including phenoxy) is 1. The highest BCUT2D eigenvalue weighted by Gasteiger charge is 2.33. The maximum Gasteiger partial charge on any atom is 0.260 e. The molecule has 0 spiro atoms. The number of rotatable bonds is 6. The van der Waals surface area contributed by atoms with Crippen LogP contribution in [0.25, 0.3) is 0 Å². The third-order valence-electron chi connectivity index (χ3n) is 6.32. The standard InChI is InChI=1S/C24H26N6O3.H2/c25-14-30(18-5-6-18)22(26)20-2-1-3-21(28-20)29-13-16-12-15(4-7-19(16)24(29)32)23(31)27-17-8-10-33-11-9-17;/h1-4,7,12,14,17-18,25-26H,5-6,8-11,13H2,(H,27,31);1H. The van der Waals surface area contributed by atoms with Crippen molar-refractivity contribution in [1.29, 1.82) is 10.8 Å². The summed E-state index contributed by atoms with van der Waals surface area (Å²) in [5.74, 6) is 0.289. The van der Waals surface area contributed by atoms with Gasteiger partial charge in [0.15, 0.2) is 5.84 Å². The Morgan fingerprint density at radius 3 is 2.73 bits per heavy atom. The maximum atomic E-state index is 13.1. The SMILES string of the molecule is N=CN(C(=N)c1cccc(N2Cc3cc(C(=O)NC4CCOCC4)ccc3C2=O)n1)C1CC1.[HH]. The van der Waals surface area contributed by atoms with E-state index in [1.165, 1.54) is 0 Å². The third-order valence-corrected chi connectivity index (χ3v) is 6.32. The van der Waals surface area contributed by atoms with Crippen LogP contribution >= 0.6 is 0 Å².